The Morgan fingerprint density at radius 3 is 1.44 bits per heavy atom. The van der Waals surface area contributed by atoms with Crippen LogP contribution in [0.2, 0.25) is 0 Å². The molecule has 0 amide bonds. The van der Waals surface area contributed by atoms with E-state index < -0.39 is 31.2 Å². The molecule has 3 aliphatic heterocycles. The van der Waals surface area contributed by atoms with Gasteiger partial charge in [0.05, 0.1) is 56.6 Å². The molecule has 0 unspecified atom stereocenters. The maximum absolute atomic E-state index is 10.8. The molecule has 248 valence electrons. The van der Waals surface area contributed by atoms with E-state index in [1.165, 1.54) is 10.0 Å². The summed E-state index contributed by atoms with van der Waals surface area (Å²) in [6, 6.07) is 0. The molecule has 0 bridgehead atoms. The predicted molar refractivity (Wildman–Crippen MR) is 143 cm³/mol. The van der Waals surface area contributed by atoms with Gasteiger partial charge in [-0.15, -0.1) is 16.6 Å². The van der Waals surface area contributed by atoms with E-state index in [2.05, 4.69) is 45.4 Å². The molecule has 0 aromatic rings. The zero-order chi connectivity index (χ0) is 31.5. The Kier molecular flexibility index (Phi) is 12.9. The largest absolute Gasteiger partial charge is 0.397 e. The Bertz CT molecular complexity index is 1280. The molecule has 9 N–H and O–H groups in total. The summed E-state index contributed by atoms with van der Waals surface area (Å²) in [6.45, 7) is 0.741. The first-order valence-electron chi connectivity index (χ1n) is 12.3. The number of rotatable bonds is 21. The first kappa shape index (κ1) is 34.9. The number of hydrogen-bond donors (Lipinski definition) is 9. The summed E-state index contributed by atoms with van der Waals surface area (Å²) >= 11 is 0. The molecule has 0 radical (unpaired) electrons. The van der Waals surface area contributed by atoms with Crippen LogP contribution in [0, 0.1) is 0 Å². The number of nitrogens with zero attached hydrogens (tertiary/aromatic N) is 4. The van der Waals surface area contributed by atoms with E-state index >= 15 is 0 Å². The van der Waals surface area contributed by atoms with Crippen LogP contribution < -0.4 is 32.9 Å². The minimum atomic E-state index is -4.56. The molecule has 0 aromatic heterocycles. The van der Waals surface area contributed by atoms with Gasteiger partial charge >= 0.3 is 31.2 Å². The average Bonchev–Trinajstić information content (AvgIpc) is 3.61. The van der Waals surface area contributed by atoms with Gasteiger partial charge in [0, 0.05) is 38.2 Å². The number of ether oxygens (including phenoxy) is 1. The standard InChI is InChI=1S/C17H34N10O13S3/c28-41(29,30)38-5-1-4-37-14-27-13-17(20-23-27)10-24(8-15-11-25(21-18-15)2-6-39-42(31,32)33)9-16-12-26(22-19-16)3-7-40-43(34,35)36/h11-13,18-23H,1-10,14H2,(H,28,29,30)(H,31,32,33)(H,34,35,36). The van der Waals surface area contributed by atoms with Crippen LogP contribution in [0.3, 0.4) is 0 Å². The van der Waals surface area contributed by atoms with Gasteiger partial charge in [-0.3, -0.25) is 33.6 Å². The Labute approximate surface area is 248 Å². The van der Waals surface area contributed by atoms with Crippen molar-refractivity contribution in [3.8, 4) is 0 Å². The third kappa shape index (κ3) is 15.1. The van der Waals surface area contributed by atoms with Crippen molar-refractivity contribution in [1.82, 2.24) is 52.8 Å². The zero-order valence-corrected chi connectivity index (χ0v) is 24.9. The van der Waals surface area contributed by atoms with Crippen molar-refractivity contribution in [3.63, 3.8) is 0 Å². The molecule has 43 heavy (non-hydrogen) atoms. The molecule has 3 aliphatic rings. The molecule has 26 heteroatoms. The molecule has 23 nitrogen and oxygen atoms in total. The summed E-state index contributed by atoms with van der Waals surface area (Å²) in [5.41, 5.74) is 19.7. The Morgan fingerprint density at radius 1 is 0.605 bits per heavy atom. The molecule has 0 saturated heterocycles. The van der Waals surface area contributed by atoms with Gasteiger partial charge in [-0.05, 0) is 6.42 Å². The lowest BCUT2D eigenvalue weighted by atomic mass is 10.3. The van der Waals surface area contributed by atoms with Crippen LogP contribution in [-0.4, -0.2) is 125 Å². The van der Waals surface area contributed by atoms with Gasteiger partial charge in [0.2, 0.25) is 0 Å². The van der Waals surface area contributed by atoms with Crippen molar-refractivity contribution in [2.24, 2.45) is 0 Å². The molecule has 3 rings (SSSR count). The minimum Gasteiger partial charge on any atom is -0.360 e. The van der Waals surface area contributed by atoms with Gasteiger partial charge in [-0.25, -0.2) is 12.5 Å². The third-order valence-electron chi connectivity index (χ3n) is 5.22. The minimum absolute atomic E-state index is 0.0982. The van der Waals surface area contributed by atoms with E-state index in [-0.39, 0.29) is 52.7 Å². The second-order valence-electron chi connectivity index (χ2n) is 8.82. The maximum Gasteiger partial charge on any atom is 0.397 e. The van der Waals surface area contributed by atoms with E-state index in [1.807, 2.05) is 4.90 Å². The first-order valence-corrected chi connectivity index (χ1v) is 16.4. The molecule has 3 heterocycles. The molecular weight excluding hydrogens is 648 g/mol. The Balaban J connectivity index is 1.54. The highest BCUT2D eigenvalue weighted by molar-refractivity contribution is 7.81. The first-order chi connectivity index (χ1) is 20.1. The molecular formula is C17H34N10O13S3. The third-order valence-corrected chi connectivity index (χ3v) is 6.62. The van der Waals surface area contributed by atoms with E-state index in [0.29, 0.717) is 31.0 Å². The fraction of sp³-hybridized carbons (Fsp3) is 0.647. The lowest BCUT2D eigenvalue weighted by molar-refractivity contribution is 0.0246. The average molecular weight is 683 g/mol. The van der Waals surface area contributed by atoms with Crippen LogP contribution in [0.15, 0.2) is 35.7 Å². The summed E-state index contributed by atoms with van der Waals surface area (Å²) in [7, 11) is -13.6. The fourth-order valence-electron chi connectivity index (χ4n) is 3.60. The summed E-state index contributed by atoms with van der Waals surface area (Å²) in [5, 5.41) is 4.66. The van der Waals surface area contributed by atoms with Crippen molar-refractivity contribution in [1.29, 1.82) is 0 Å². The highest BCUT2D eigenvalue weighted by Crippen LogP contribution is 2.11. The molecule has 0 spiro atoms. The van der Waals surface area contributed by atoms with Crippen molar-refractivity contribution in [3.05, 3.63) is 35.7 Å². The summed E-state index contributed by atoms with van der Waals surface area (Å²) in [4.78, 5) is 1.99. The molecule has 0 aromatic carbocycles. The maximum atomic E-state index is 10.8. The van der Waals surface area contributed by atoms with Crippen LogP contribution in [0.4, 0.5) is 0 Å². The molecule has 0 fully saturated rings. The normalized spacial score (nSPS) is 17.6. The number of hydrogen-bond acceptors (Lipinski definition) is 20. The second kappa shape index (κ2) is 15.9. The van der Waals surface area contributed by atoms with Crippen LogP contribution in [0.5, 0.6) is 0 Å². The summed E-state index contributed by atoms with van der Waals surface area (Å²) in [5.74, 6) is 0. The monoisotopic (exact) mass is 682 g/mol. The van der Waals surface area contributed by atoms with E-state index in [4.69, 9.17) is 18.4 Å². The summed E-state index contributed by atoms with van der Waals surface area (Å²) < 4.78 is 108. The SMILES string of the molecule is O=S(=O)(O)OCCCOCN1C=C(CN(CC2=CN(CCOS(=O)(=O)O)NN2)CC2=CN(CCOS(=O)(=O)O)NN2)NN1. The predicted octanol–water partition coefficient (Wildman–Crippen LogP) is -4.39. The van der Waals surface area contributed by atoms with Gasteiger partial charge in [0.25, 0.3) is 0 Å². The highest BCUT2D eigenvalue weighted by Gasteiger charge is 2.22. The van der Waals surface area contributed by atoms with Crippen molar-refractivity contribution < 1.29 is 56.2 Å². The van der Waals surface area contributed by atoms with Crippen LogP contribution in [-0.2, 0) is 48.5 Å². The highest BCUT2D eigenvalue weighted by atomic mass is 32.3. The van der Waals surface area contributed by atoms with Gasteiger partial charge in [0.15, 0.2) is 0 Å². The van der Waals surface area contributed by atoms with Crippen molar-refractivity contribution >= 4 is 31.2 Å². The lowest BCUT2D eigenvalue weighted by Crippen LogP contribution is -2.43. The molecule has 0 saturated carbocycles. The van der Waals surface area contributed by atoms with Gasteiger partial charge in [0.1, 0.15) is 6.73 Å². The van der Waals surface area contributed by atoms with Crippen molar-refractivity contribution in [2.45, 2.75) is 6.42 Å². The molecule has 0 aliphatic carbocycles. The summed E-state index contributed by atoms with van der Waals surface area (Å²) in [6.07, 6.45) is 5.36. The Hall–Kier alpha value is -2.57. The second-order valence-corrected chi connectivity index (χ2v) is 12.1. The van der Waals surface area contributed by atoms with Crippen LogP contribution in [0.1, 0.15) is 6.42 Å². The number of hydrazine groups is 6. The quantitative estimate of drug-likeness (QED) is 0.0408. The van der Waals surface area contributed by atoms with Gasteiger partial charge in [-0.1, -0.05) is 0 Å². The molecule has 0 atom stereocenters. The van der Waals surface area contributed by atoms with Crippen LogP contribution in [0.25, 0.3) is 0 Å². The number of nitrogens with one attached hydrogen (secondary N) is 6. The lowest BCUT2D eigenvalue weighted by Gasteiger charge is -2.23. The van der Waals surface area contributed by atoms with Crippen molar-refractivity contribution in [2.75, 3.05) is 65.9 Å². The fourth-order valence-corrected chi connectivity index (χ4v) is 4.50. The van der Waals surface area contributed by atoms with E-state index in [9.17, 15) is 25.3 Å². The van der Waals surface area contributed by atoms with E-state index in [0.717, 1.165) is 5.70 Å². The zero-order valence-electron chi connectivity index (χ0n) is 22.4. The Morgan fingerprint density at radius 2 is 1.00 bits per heavy atom. The van der Waals surface area contributed by atoms with Crippen LogP contribution >= 0.6 is 0 Å². The topological polar surface area (TPSA) is 285 Å². The van der Waals surface area contributed by atoms with Gasteiger partial charge in [-0.2, -0.15) is 25.3 Å². The van der Waals surface area contributed by atoms with Gasteiger partial charge < -0.3 is 21.0 Å². The van der Waals surface area contributed by atoms with E-state index in [1.54, 1.807) is 23.6 Å². The smallest absolute Gasteiger partial charge is 0.360 e.